The Labute approximate surface area is 155 Å². The third-order valence-corrected chi connectivity index (χ3v) is 5.60. The first-order valence-corrected chi connectivity index (χ1v) is 9.23. The largest absolute Gasteiger partial charge is 0.480 e. The van der Waals surface area contributed by atoms with E-state index in [-0.39, 0.29) is 35.9 Å². The molecule has 1 aliphatic carbocycles. The van der Waals surface area contributed by atoms with Crippen LogP contribution in [0.15, 0.2) is 30.5 Å². The summed E-state index contributed by atoms with van der Waals surface area (Å²) in [6.07, 6.45) is 5.89. The molecule has 2 aliphatic rings. The molecule has 2 fully saturated rings. The molecule has 1 saturated carbocycles. The van der Waals surface area contributed by atoms with E-state index in [2.05, 4.69) is 10.3 Å². The van der Waals surface area contributed by atoms with Crippen molar-refractivity contribution in [3.05, 3.63) is 47.5 Å². The summed E-state index contributed by atoms with van der Waals surface area (Å²) >= 11 is 0. The lowest BCUT2D eigenvalue weighted by Gasteiger charge is -2.32. The molecule has 142 valence electrons. The Morgan fingerprint density at radius 3 is 2.85 bits per heavy atom. The number of carboxylic acid groups (broad SMARTS) is 1. The number of aliphatic carboxylic acids is 1. The van der Waals surface area contributed by atoms with E-state index in [4.69, 9.17) is 0 Å². The molecular weight excluding hydrogens is 351 g/mol. The Morgan fingerprint density at radius 1 is 1.26 bits per heavy atom. The van der Waals surface area contributed by atoms with Gasteiger partial charge in [-0.3, -0.25) is 4.79 Å². The molecule has 3 unspecified atom stereocenters. The number of benzene rings is 1. The van der Waals surface area contributed by atoms with Gasteiger partial charge >= 0.3 is 5.97 Å². The molecule has 8 heteroatoms. The van der Waals surface area contributed by atoms with E-state index in [1.807, 2.05) is 0 Å². The number of carboxylic acids is 1. The van der Waals surface area contributed by atoms with Crippen molar-refractivity contribution in [3.8, 4) is 0 Å². The molecule has 2 heterocycles. The molecular formula is C19H21FN4O3. The molecule has 1 N–H and O–H groups in total. The number of fused-ring (bicyclic) bond motifs is 1. The van der Waals surface area contributed by atoms with Gasteiger partial charge in [-0.05, 0) is 42.9 Å². The van der Waals surface area contributed by atoms with Crippen molar-refractivity contribution in [3.63, 3.8) is 0 Å². The molecule has 1 aromatic heterocycles. The molecule has 1 aromatic carbocycles. The molecule has 3 atom stereocenters. The monoisotopic (exact) mass is 372 g/mol. The number of hydrogen-bond donors (Lipinski definition) is 1. The van der Waals surface area contributed by atoms with E-state index >= 15 is 0 Å². The van der Waals surface area contributed by atoms with Crippen LogP contribution in [0.4, 0.5) is 4.39 Å². The third kappa shape index (κ3) is 3.43. The van der Waals surface area contributed by atoms with Crippen molar-refractivity contribution in [1.29, 1.82) is 0 Å². The Hall–Kier alpha value is -2.77. The Balaban J connectivity index is 1.55. The van der Waals surface area contributed by atoms with Gasteiger partial charge < -0.3 is 10.0 Å². The highest BCUT2D eigenvalue weighted by Gasteiger charge is 2.48. The van der Waals surface area contributed by atoms with Gasteiger partial charge in [0.25, 0.3) is 5.91 Å². The van der Waals surface area contributed by atoms with Crippen LogP contribution in [0, 0.1) is 11.7 Å². The Kier molecular flexibility index (Phi) is 4.63. The van der Waals surface area contributed by atoms with Crippen LogP contribution in [-0.2, 0) is 11.3 Å². The fraction of sp³-hybridized carbons (Fsp3) is 0.474. The summed E-state index contributed by atoms with van der Waals surface area (Å²) in [5.41, 5.74) is 0.833. The predicted molar refractivity (Wildman–Crippen MR) is 93.5 cm³/mol. The molecule has 1 aliphatic heterocycles. The highest BCUT2D eigenvalue weighted by Crippen LogP contribution is 2.40. The van der Waals surface area contributed by atoms with E-state index in [0.29, 0.717) is 12.0 Å². The van der Waals surface area contributed by atoms with Crippen molar-refractivity contribution in [1.82, 2.24) is 19.9 Å². The van der Waals surface area contributed by atoms with Crippen LogP contribution < -0.4 is 0 Å². The number of nitrogens with zero attached hydrogens (tertiary/aromatic N) is 4. The highest BCUT2D eigenvalue weighted by molar-refractivity contribution is 5.95. The Bertz CT molecular complexity index is 868. The molecule has 1 amide bonds. The zero-order valence-corrected chi connectivity index (χ0v) is 14.8. The normalized spacial score (nSPS) is 24.6. The summed E-state index contributed by atoms with van der Waals surface area (Å²) in [6, 6.07) is 5.29. The van der Waals surface area contributed by atoms with Crippen LogP contribution in [0.1, 0.15) is 48.2 Å². The predicted octanol–water partition coefficient (Wildman–Crippen LogP) is 2.32. The summed E-state index contributed by atoms with van der Waals surface area (Å²) in [5, 5.41) is 17.5. The maximum atomic E-state index is 13.3. The minimum absolute atomic E-state index is 0.0410. The lowest BCUT2D eigenvalue weighted by atomic mass is 9.84. The van der Waals surface area contributed by atoms with Gasteiger partial charge in [0.2, 0.25) is 0 Å². The summed E-state index contributed by atoms with van der Waals surface area (Å²) < 4.78 is 14.8. The van der Waals surface area contributed by atoms with Gasteiger partial charge in [-0.25, -0.2) is 13.9 Å². The number of hydrogen-bond acceptors (Lipinski definition) is 4. The molecule has 27 heavy (non-hydrogen) atoms. The van der Waals surface area contributed by atoms with Crippen LogP contribution in [0.25, 0.3) is 0 Å². The minimum atomic E-state index is -0.968. The molecule has 4 rings (SSSR count). The lowest BCUT2D eigenvalue weighted by Crippen LogP contribution is -2.46. The topological polar surface area (TPSA) is 88.3 Å². The summed E-state index contributed by atoms with van der Waals surface area (Å²) in [5.74, 6) is -1.45. The molecule has 2 aromatic rings. The van der Waals surface area contributed by atoms with Crippen LogP contribution in [0.5, 0.6) is 0 Å². The van der Waals surface area contributed by atoms with Crippen molar-refractivity contribution in [2.24, 2.45) is 5.92 Å². The zero-order valence-electron chi connectivity index (χ0n) is 14.8. The van der Waals surface area contributed by atoms with Gasteiger partial charge in [-0.15, -0.1) is 5.10 Å². The van der Waals surface area contributed by atoms with Crippen LogP contribution in [0.2, 0.25) is 0 Å². The smallest absolute Gasteiger partial charge is 0.326 e. The summed E-state index contributed by atoms with van der Waals surface area (Å²) in [6.45, 7) is 0.284. The van der Waals surface area contributed by atoms with Crippen molar-refractivity contribution in [2.45, 2.75) is 50.7 Å². The van der Waals surface area contributed by atoms with E-state index in [0.717, 1.165) is 25.7 Å². The standard InChI is InChI=1S/C19H21FN4O3/c20-14-6-3-4-12(8-14)10-23-11-15(21-22-23)18(25)24-16-7-2-1-5-13(16)9-17(24)19(26)27/h3-4,6,8,11,13,16-17H,1-2,5,7,9-10H2,(H,26,27). The zero-order chi connectivity index (χ0) is 19.0. The highest BCUT2D eigenvalue weighted by atomic mass is 19.1. The fourth-order valence-electron chi connectivity index (χ4n) is 4.40. The van der Waals surface area contributed by atoms with Crippen molar-refractivity contribution >= 4 is 11.9 Å². The van der Waals surface area contributed by atoms with Gasteiger partial charge in [-0.1, -0.05) is 30.2 Å². The van der Waals surface area contributed by atoms with Crippen LogP contribution in [-0.4, -0.2) is 49.0 Å². The van der Waals surface area contributed by atoms with Gasteiger partial charge in [0, 0.05) is 6.04 Å². The molecule has 0 bridgehead atoms. The van der Waals surface area contributed by atoms with E-state index < -0.39 is 12.0 Å². The number of amides is 1. The first-order valence-electron chi connectivity index (χ1n) is 9.23. The second-order valence-corrected chi connectivity index (χ2v) is 7.35. The number of aromatic nitrogens is 3. The number of carbonyl (C=O) groups is 2. The molecule has 7 nitrogen and oxygen atoms in total. The quantitative estimate of drug-likeness (QED) is 0.890. The Morgan fingerprint density at radius 2 is 2.07 bits per heavy atom. The average molecular weight is 372 g/mol. The number of carbonyl (C=O) groups excluding carboxylic acids is 1. The lowest BCUT2D eigenvalue weighted by molar-refractivity contribution is -0.141. The van der Waals surface area contributed by atoms with Gasteiger partial charge in [-0.2, -0.15) is 0 Å². The second kappa shape index (κ2) is 7.09. The van der Waals surface area contributed by atoms with Gasteiger partial charge in [0.15, 0.2) is 5.69 Å². The molecule has 1 saturated heterocycles. The van der Waals surface area contributed by atoms with Crippen LogP contribution in [0.3, 0.4) is 0 Å². The van der Waals surface area contributed by atoms with E-state index in [1.54, 1.807) is 12.1 Å². The SMILES string of the molecule is O=C(O)C1CC2CCCCC2N1C(=O)c1cn(Cc2cccc(F)c2)nn1. The van der Waals surface area contributed by atoms with E-state index in [1.165, 1.54) is 27.9 Å². The minimum Gasteiger partial charge on any atom is -0.480 e. The maximum absolute atomic E-state index is 13.3. The second-order valence-electron chi connectivity index (χ2n) is 7.35. The number of likely N-dealkylation sites (tertiary alicyclic amines) is 1. The summed E-state index contributed by atoms with van der Waals surface area (Å²) in [4.78, 5) is 26.2. The third-order valence-electron chi connectivity index (χ3n) is 5.60. The fourth-order valence-corrected chi connectivity index (χ4v) is 4.40. The summed E-state index contributed by atoms with van der Waals surface area (Å²) in [7, 11) is 0. The van der Waals surface area contributed by atoms with Gasteiger partial charge in [0.05, 0.1) is 12.7 Å². The van der Waals surface area contributed by atoms with Crippen LogP contribution >= 0.6 is 0 Å². The van der Waals surface area contributed by atoms with Gasteiger partial charge in [0.1, 0.15) is 11.9 Å². The first kappa shape index (κ1) is 17.6. The number of halogens is 1. The number of rotatable bonds is 4. The molecule has 0 radical (unpaired) electrons. The maximum Gasteiger partial charge on any atom is 0.326 e. The molecule has 0 spiro atoms. The van der Waals surface area contributed by atoms with Crippen molar-refractivity contribution in [2.75, 3.05) is 0 Å². The average Bonchev–Trinajstić information content (AvgIpc) is 3.26. The first-order chi connectivity index (χ1) is 13.0. The van der Waals surface area contributed by atoms with E-state index in [9.17, 15) is 19.1 Å². The van der Waals surface area contributed by atoms with Crippen molar-refractivity contribution < 1.29 is 19.1 Å².